The molecule has 94 valence electrons. The number of hydrogen-bond acceptors (Lipinski definition) is 4. The van der Waals surface area contributed by atoms with Crippen LogP contribution in [0.15, 0.2) is 24.3 Å². The molecule has 0 saturated carbocycles. The first-order valence-electron chi connectivity index (χ1n) is 5.73. The number of nitrogens with zero attached hydrogens (tertiary/aromatic N) is 1. The molecule has 0 radical (unpaired) electrons. The SMILES string of the molecule is COc1cccc(N(C)CC2(CO)COC2)c1. The molecule has 1 aliphatic heterocycles. The molecule has 0 bridgehead atoms. The molecule has 1 aromatic carbocycles. The summed E-state index contributed by atoms with van der Waals surface area (Å²) in [4.78, 5) is 2.13. The first kappa shape index (κ1) is 12.2. The van der Waals surface area contributed by atoms with Crippen LogP contribution < -0.4 is 9.64 Å². The number of methoxy groups -OCH3 is 1. The van der Waals surface area contributed by atoms with Crippen LogP contribution in [0.1, 0.15) is 0 Å². The maximum atomic E-state index is 9.40. The molecule has 0 aromatic heterocycles. The van der Waals surface area contributed by atoms with Crippen LogP contribution in [0.5, 0.6) is 5.75 Å². The summed E-state index contributed by atoms with van der Waals surface area (Å²) in [6.45, 7) is 2.23. The largest absolute Gasteiger partial charge is 0.497 e. The van der Waals surface area contributed by atoms with Crippen molar-refractivity contribution in [3.63, 3.8) is 0 Å². The van der Waals surface area contributed by atoms with Gasteiger partial charge in [-0.1, -0.05) is 6.07 Å². The minimum absolute atomic E-state index is 0.0994. The molecule has 1 aliphatic rings. The molecular weight excluding hydrogens is 218 g/mol. The fraction of sp³-hybridized carbons (Fsp3) is 0.538. The fourth-order valence-corrected chi connectivity index (χ4v) is 2.07. The van der Waals surface area contributed by atoms with Gasteiger partial charge in [-0.3, -0.25) is 0 Å². The fourth-order valence-electron chi connectivity index (χ4n) is 2.07. The zero-order chi connectivity index (χ0) is 12.3. The number of anilines is 1. The standard InChI is InChI=1S/C13H19NO3/c1-14(7-13(8-15)9-17-10-13)11-4-3-5-12(6-11)16-2/h3-6,15H,7-10H2,1-2H3. The molecule has 4 nitrogen and oxygen atoms in total. The highest BCUT2D eigenvalue weighted by molar-refractivity contribution is 5.50. The summed E-state index contributed by atoms with van der Waals surface area (Å²) >= 11 is 0. The van der Waals surface area contributed by atoms with E-state index in [1.165, 1.54) is 0 Å². The second-order valence-corrected chi connectivity index (χ2v) is 4.71. The van der Waals surface area contributed by atoms with Crippen LogP contribution in [0.4, 0.5) is 5.69 Å². The van der Waals surface area contributed by atoms with Crippen LogP contribution >= 0.6 is 0 Å². The number of aliphatic hydroxyl groups excluding tert-OH is 1. The van der Waals surface area contributed by atoms with Crippen molar-refractivity contribution in [2.75, 3.05) is 45.4 Å². The predicted molar refractivity (Wildman–Crippen MR) is 66.6 cm³/mol. The van der Waals surface area contributed by atoms with Crippen molar-refractivity contribution in [2.45, 2.75) is 0 Å². The second kappa shape index (κ2) is 4.94. The zero-order valence-corrected chi connectivity index (χ0v) is 10.3. The lowest BCUT2D eigenvalue weighted by atomic mass is 9.86. The van der Waals surface area contributed by atoms with E-state index in [9.17, 15) is 5.11 Å². The van der Waals surface area contributed by atoms with Gasteiger partial charge in [0.15, 0.2) is 0 Å². The Morgan fingerprint density at radius 1 is 1.47 bits per heavy atom. The Morgan fingerprint density at radius 3 is 2.76 bits per heavy atom. The first-order valence-corrected chi connectivity index (χ1v) is 5.73. The number of rotatable bonds is 5. The summed E-state index contributed by atoms with van der Waals surface area (Å²) in [5, 5.41) is 9.40. The Kier molecular flexibility index (Phi) is 3.54. The van der Waals surface area contributed by atoms with Crippen molar-refractivity contribution in [3.05, 3.63) is 24.3 Å². The Balaban J connectivity index is 2.05. The molecule has 1 saturated heterocycles. The van der Waals surface area contributed by atoms with E-state index in [-0.39, 0.29) is 12.0 Å². The Morgan fingerprint density at radius 2 is 2.24 bits per heavy atom. The van der Waals surface area contributed by atoms with Crippen molar-refractivity contribution >= 4 is 5.69 Å². The van der Waals surface area contributed by atoms with Crippen LogP contribution in [-0.2, 0) is 4.74 Å². The highest BCUT2D eigenvalue weighted by Gasteiger charge is 2.39. The first-order chi connectivity index (χ1) is 8.19. The van der Waals surface area contributed by atoms with Crippen molar-refractivity contribution in [1.82, 2.24) is 0 Å². The summed E-state index contributed by atoms with van der Waals surface area (Å²) in [6.07, 6.45) is 0. The average molecular weight is 237 g/mol. The van der Waals surface area contributed by atoms with Gasteiger partial charge in [0.2, 0.25) is 0 Å². The normalized spacial score (nSPS) is 17.4. The van der Waals surface area contributed by atoms with Crippen LogP contribution in [0.3, 0.4) is 0 Å². The van der Waals surface area contributed by atoms with Crippen molar-refractivity contribution in [1.29, 1.82) is 0 Å². The van der Waals surface area contributed by atoms with Crippen molar-refractivity contribution < 1.29 is 14.6 Å². The molecule has 0 spiro atoms. The molecule has 0 unspecified atom stereocenters. The van der Waals surface area contributed by atoms with E-state index < -0.39 is 0 Å². The van der Waals surface area contributed by atoms with Gasteiger partial charge in [0.25, 0.3) is 0 Å². The van der Waals surface area contributed by atoms with E-state index in [0.717, 1.165) is 18.0 Å². The van der Waals surface area contributed by atoms with E-state index in [0.29, 0.717) is 13.2 Å². The van der Waals surface area contributed by atoms with Gasteiger partial charge >= 0.3 is 0 Å². The smallest absolute Gasteiger partial charge is 0.120 e. The molecule has 1 heterocycles. The van der Waals surface area contributed by atoms with Crippen molar-refractivity contribution in [2.24, 2.45) is 5.41 Å². The van der Waals surface area contributed by atoms with Crippen LogP contribution in [0, 0.1) is 5.41 Å². The Labute approximate surface area is 102 Å². The molecular formula is C13H19NO3. The third-order valence-electron chi connectivity index (χ3n) is 3.22. The van der Waals surface area contributed by atoms with Gasteiger partial charge in [-0.15, -0.1) is 0 Å². The molecule has 1 aromatic rings. The maximum Gasteiger partial charge on any atom is 0.120 e. The number of hydrogen-bond donors (Lipinski definition) is 1. The van der Waals surface area contributed by atoms with Gasteiger partial charge in [0, 0.05) is 25.3 Å². The molecule has 0 amide bonds. The second-order valence-electron chi connectivity index (χ2n) is 4.71. The average Bonchev–Trinajstić information content (AvgIpc) is 2.33. The van der Waals surface area contributed by atoms with E-state index in [4.69, 9.17) is 9.47 Å². The molecule has 4 heteroatoms. The quantitative estimate of drug-likeness (QED) is 0.834. The lowest BCUT2D eigenvalue weighted by Gasteiger charge is -2.42. The van der Waals surface area contributed by atoms with Gasteiger partial charge < -0.3 is 19.5 Å². The van der Waals surface area contributed by atoms with E-state index in [2.05, 4.69) is 4.90 Å². The van der Waals surface area contributed by atoms with Gasteiger partial charge in [0.1, 0.15) is 5.75 Å². The molecule has 0 atom stereocenters. The van der Waals surface area contributed by atoms with Crippen molar-refractivity contribution in [3.8, 4) is 5.75 Å². The third kappa shape index (κ3) is 2.53. The van der Waals surface area contributed by atoms with Crippen LogP contribution in [0.2, 0.25) is 0 Å². The maximum absolute atomic E-state index is 9.40. The number of ether oxygens (including phenoxy) is 2. The highest BCUT2D eigenvalue weighted by Crippen LogP contribution is 2.30. The predicted octanol–water partition coefficient (Wildman–Crippen LogP) is 1.14. The molecule has 17 heavy (non-hydrogen) atoms. The van der Waals surface area contributed by atoms with Crippen LogP contribution in [0.25, 0.3) is 0 Å². The summed E-state index contributed by atoms with van der Waals surface area (Å²) in [7, 11) is 3.68. The van der Waals surface area contributed by atoms with E-state index in [1.807, 2.05) is 31.3 Å². The lowest BCUT2D eigenvalue weighted by molar-refractivity contribution is -0.130. The summed E-state index contributed by atoms with van der Waals surface area (Å²) in [5.41, 5.74) is 0.988. The Hall–Kier alpha value is -1.26. The van der Waals surface area contributed by atoms with Gasteiger partial charge in [-0.25, -0.2) is 0 Å². The minimum Gasteiger partial charge on any atom is -0.497 e. The number of aliphatic hydroxyl groups is 1. The van der Waals surface area contributed by atoms with Gasteiger partial charge in [-0.05, 0) is 12.1 Å². The Bertz CT molecular complexity index is 371. The van der Waals surface area contributed by atoms with Crippen LogP contribution in [-0.4, -0.2) is 45.6 Å². The zero-order valence-electron chi connectivity index (χ0n) is 10.3. The summed E-state index contributed by atoms with van der Waals surface area (Å²) in [5.74, 6) is 0.845. The van der Waals surface area contributed by atoms with E-state index >= 15 is 0 Å². The molecule has 1 N–H and O–H groups in total. The van der Waals surface area contributed by atoms with Gasteiger partial charge in [0.05, 0.1) is 32.3 Å². The third-order valence-corrected chi connectivity index (χ3v) is 3.22. The van der Waals surface area contributed by atoms with E-state index in [1.54, 1.807) is 7.11 Å². The monoisotopic (exact) mass is 237 g/mol. The van der Waals surface area contributed by atoms with Gasteiger partial charge in [-0.2, -0.15) is 0 Å². The summed E-state index contributed by atoms with van der Waals surface area (Å²) < 4.78 is 10.4. The lowest BCUT2D eigenvalue weighted by Crippen LogP contribution is -2.52. The molecule has 0 aliphatic carbocycles. The molecule has 2 rings (SSSR count). The number of benzene rings is 1. The minimum atomic E-state index is -0.0994. The molecule has 1 fully saturated rings. The topological polar surface area (TPSA) is 41.9 Å². The summed E-state index contributed by atoms with van der Waals surface area (Å²) in [6, 6.07) is 7.91. The highest BCUT2D eigenvalue weighted by atomic mass is 16.5.